The van der Waals surface area contributed by atoms with Crippen molar-refractivity contribution in [3.8, 4) is 0 Å². The van der Waals surface area contributed by atoms with Crippen molar-refractivity contribution in [1.29, 1.82) is 0 Å². The van der Waals surface area contributed by atoms with Gasteiger partial charge in [-0.3, -0.25) is 4.98 Å². The normalized spacial score (nSPS) is 26.2. The van der Waals surface area contributed by atoms with Gasteiger partial charge in [-0.1, -0.05) is 18.2 Å². The van der Waals surface area contributed by atoms with Crippen LogP contribution in [0.3, 0.4) is 0 Å². The molecule has 0 radical (unpaired) electrons. The molecule has 2 aliphatic rings. The van der Waals surface area contributed by atoms with E-state index in [1.165, 1.54) is 12.3 Å². The first-order valence-corrected chi connectivity index (χ1v) is 14.2. The second-order valence-electron chi connectivity index (χ2n) is 7.42. The highest BCUT2D eigenvalue weighted by molar-refractivity contribution is 7.92. The molecule has 0 spiro atoms. The Kier molecular flexibility index (Phi) is 5.18. The summed E-state index contributed by atoms with van der Waals surface area (Å²) in [6, 6.07) is 6.79. The molecule has 2 saturated heterocycles. The Hall–Kier alpha value is -1.60. The molecule has 3 heterocycles. The van der Waals surface area contributed by atoms with Crippen molar-refractivity contribution < 1.29 is 25.3 Å². The fourth-order valence-corrected chi connectivity index (χ4v) is 8.99. The first-order valence-electron chi connectivity index (χ1n) is 9.13. The van der Waals surface area contributed by atoms with Crippen LogP contribution in [-0.4, -0.2) is 69.7 Å². The van der Waals surface area contributed by atoms with Gasteiger partial charge in [-0.2, -0.15) is 0 Å². The van der Waals surface area contributed by atoms with Crippen molar-refractivity contribution in [2.45, 2.75) is 29.8 Å². The van der Waals surface area contributed by atoms with Gasteiger partial charge in [0.15, 0.2) is 19.7 Å². The Morgan fingerprint density at radius 3 is 2.31 bits per heavy atom. The quantitative estimate of drug-likeness (QED) is 0.623. The third-order valence-corrected chi connectivity index (χ3v) is 10.5. The van der Waals surface area contributed by atoms with E-state index in [1.54, 1.807) is 24.3 Å². The van der Waals surface area contributed by atoms with Crippen molar-refractivity contribution in [2.24, 2.45) is 0 Å². The van der Waals surface area contributed by atoms with Gasteiger partial charge in [0.25, 0.3) is 10.0 Å². The molecule has 0 saturated carbocycles. The van der Waals surface area contributed by atoms with Gasteiger partial charge in [0.2, 0.25) is 0 Å². The molecule has 2 fully saturated rings. The van der Waals surface area contributed by atoms with Crippen LogP contribution in [-0.2, 0) is 29.7 Å². The SMILES string of the molecule is O=S1(=O)CC[C@H](NN([C@H]2CCS(=O)(=O)C2)S(=O)(=O)c2cccc3cccnc23)C1. The number of benzene rings is 1. The predicted molar refractivity (Wildman–Crippen MR) is 108 cm³/mol. The third-order valence-electron chi connectivity index (χ3n) is 5.21. The van der Waals surface area contributed by atoms with Gasteiger partial charge in [-0.25, -0.2) is 30.7 Å². The standard InChI is InChI=1S/C17H21N3O6S3/c21-27(22)9-6-14(11-27)19-20(15-7-10-28(23,24)12-15)29(25,26)16-5-1-3-13-4-2-8-18-17(13)16/h1-5,8,14-15,19H,6-7,9-12H2/t14-,15-/m0/s1. The molecule has 2 aromatic rings. The Balaban J connectivity index is 1.77. The monoisotopic (exact) mass is 459 g/mol. The van der Waals surface area contributed by atoms with E-state index in [0.717, 1.165) is 4.41 Å². The van der Waals surface area contributed by atoms with Crippen LogP contribution >= 0.6 is 0 Å². The van der Waals surface area contributed by atoms with Crippen molar-refractivity contribution in [2.75, 3.05) is 23.0 Å². The Bertz CT molecular complexity index is 1250. The molecule has 9 nitrogen and oxygen atoms in total. The molecule has 158 valence electrons. The van der Waals surface area contributed by atoms with Crippen LogP contribution in [0.2, 0.25) is 0 Å². The number of hydrogen-bond donors (Lipinski definition) is 1. The second kappa shape index (κ2) is 7.27. The summed E-state index contributed by atoms with van der Waals surface area (Å²) in [5, 5.41) is 0.635. The summed E-state index contributed by atoms with van der Waals surface area (Å²) >= 11 is 0. The highest BCUT2D eigenvalue weighted by Gasteiger charge is 2.42. The molecule has 0 aliphatic carbocycles. The number of nitrogens with zero attached hydrogens (tertiary/aromatic N) is 2. The van der Waals surface area contributed by atoms with E-state index < -0.39 is 41.8 Å². The van der Waals surface area contributed by atoms with Gasteiger partial charge in [0.05, 0.1) is 34.6 Å². The summed E-state index contributed by atoms with van der Waals surface area (Å²) in [5.41, 5.74) is 3.11. The molecule has 0 unspecified atom stereocenters. The molecule has 4 rings (SSSR count). The van der Waals surface area contributed by atoms with E-state index in [4.69, 9.17) is 0 Å². The molecule has 0 amide bonds. The Morgan fingerprint density at radius 1 is 0.966 bits per heavy atom. The summed E-state index contributed by atoms with van der Waals surface area (Å²) < 4.78 is 75.8. The topological polar surface area (TPSA) is 131 Å². The molecular formula is C17H21N3O6S3. The summed E-state index contributed by atoms with van der Waals surface area (Å²) in [6.07, 6.45) is 1.90. The number of rotatable bonds is 5. The van der Waals surface area contributed by atoms with E-state index in [1.807, 2.05) is 0 Å². The van der Waals surface area contributed by atoms with Crippen LogP contribution in [0.4, 0.5) is 0 Å². The summed E-state index contributed by atoms with van der Waals surface area (Å²) in [5.74, 6) is -0.636. The average Bonchev–Trinajstić information content (AvgIpc) is 3.19. The molecule has 1 N–H and O–H groups in total. The van der Waals surface area contributed by atoms with E-state index in [-0.39, 0.29) is 46.3 Å². The first-order chi connectivity index (χ1) is 13.6. The molecule has 2 aliphatic heterocycles. The Morgan fingerprint density at radius 2 is 1.66 bits per heavy atom. The largest absolute Gasteiger partial charge is 0.258 e. The van der Waals surface area contributed by atoms with Gasteiger partial charge in [-0.15, -0.1) is 4.41 Å². The molecule has 1 aromatic carbocycles. The number of hydrogen-bond acceptors (Lipinski definition) is 8. The lowest BCUT2D eigenvalue weighted by Crippen LogP contribution is -2.54. The smallest absolute Gasteiger partial charge is 0.255 e. The minimum atomic E-state index is -4.19. The van der Waals surface area contributed by atoms with E-state index in [0.29, 0.717) is 5.39 Å². The number of hydrazine groups is 1. The molecular weight excluding hydrogens is 438 g/mol. The third kappa shape index (κ3) is 4.17. The summed E-state index contributed by atoms with van der Waals surface area (Å²) in [4.78, 5) is 4.14. The highest BCUT2D eigenvalue weighted by Crippen LogP contribution is 2.28. The van der Waals surface area contributed by atoms with Crippen molar-refractivity contribution >= 4 is 40.6 Å². The number of pyridine rings is 1. The van der Waals surface area contributed by atoms with Gasteiger partial charge in [-0.05, 0) is 25.0 Å². The number of para-hydroxylation sites is 1. The highest BCUT2D eigenvalue weighted by atomic mass is 32.2. The van der Waals surface area contributed by atoms with Crippen LogP contribution in [0.15, 0.2) is 41.4 Å². The number of sulfonamides is 1. The number of nitrogens with one attached hydrogen (secondary N) is 1. The number of fused-ring (bicyclic) bond motifs is 1. The average molecular weight is 460 g/mol. The molecule has 29 heavy (non-hydrogen) atoms. The minimum absolute atomic E-state index is 0.0304. The van der Waals surface area contributed by atoms with Gasteiger partial charge >= 0.3 is 0 Å². The maximum absolute atomic E-state index is 13.6. The van der Waals surface area contributed by atoms with E-state index in [9.17, 15) is 25.3 Å². The number of aromatic nitrogens is 1. The van der Waals surface area contributed by atoms with Crippen LogP contribution in [0.5, 0.6) is 0 Å². The lowest BCUT2D eigenvalue weighted by molar-refractivity contribution is 0.229. The van der Waals surface area contributed by atoms with Crippen LogP contribution in [0.1, 0.15) is 12.8 Å². The van der Waals surface area contributed by atoms with E-state index in [2.05, 4.69) is 10.4 Å². The van der Waals surface area contributed by atoms with E-state index >= 15 is 0 Å². The zero-order chi connectivity index (χ0) is 20.9. The van der Waals surface area contributed by atoms with Gasteiger partial charge in [0, 0.05) is 17.6 Å². The molecule has 1 aromatic heterocycles. The maximum Gasteiger partial charge on any atom is 0.258 e. The van der Waals surface area contributed by atoms with Crippen LogP contribution < -0.4 is 5.43 Å². The maximum atomic E-state index is 13.6. The number of sulfone groups is 2. The van der Waals surface area contributed by atoms with Crippen molar-refractivity contribution in [3.05, 3.63) is 36.5 Å². The predicted octanol–water partition coefficient (Wildman–Crippen LogP) is 0.104. The lowest BCUT2D eigenvalue weighted by atomic mass is 10.2. The summed E-state index contributed by atoms with van der Waals surface area (Å²) in [7, 11) is -10.8. The zero-order valence-corrected chi connectivity index (χ0v) is 17.9. The Labute approximate surface area is 170 Å². The van der Waals surface area contributed by atoms with Crippen molar-refractivity contribution in [1.82, 2.24) is 14.8 Å². The van der Waals surface area contributed by atoms with Crippen LogP contribution in [0.25, 0.3) is 10.9 Å². The second-order valence-corrected chi connectivity index (χ2v) is 13.7. The molecule has 12 heteroatoms. The van der Waals surface area contributed by atoms with Crippen LogP contribution in [0, 0.1) is 0 Å². The fourth-order valence-electron chi connectivity index (χ4n) is 3.80. The fraction of sp³-hybridized carbons (Fsp3) is 0.471. The molecule has 0 bridgehead atoms. The van der Waals surface area contributed by atoms with Gasteiger partial charge < -0.3 is 0 Å². The summed E-state index contributed by atoms with van der Waals surface area (Å²) in [6.45, 7) is 0. The lowest BCUT2D eigenvalue weighted by Gasteiger charge is -2.30. The molecule has 2 atom stereocenters. The zero-order valence-electron chi connectivity index (χ0n) is 15.4. The minimum Gasteiger partial charge on any atom is -0.255 e. The van der Waals surface area contributed by atoms with Crippen molar-refractivity contribution in [3.63, 3.8) is 0 Å². The first kappa shape index (κ1) is 20.7. The van der Waals surface area contributed by atoms with Gasteiger partial charge in [0.1, 0.15) is 4.90 Å².